The van der Waals surface area contributed by atoms with Gasteiger partial charge in [0, 0.05) is 30.4 Å². The van der Waals surface area contributed by atoms with Crippen molar-refractivity contribution in [1.29, 1.82) is 0 Å². The third kappa shape index (κ3) is 5.13. The van der Waals surface area contributed by atoms with Crippen molar-refractivity contribution >= 4 is 28.5 Å². The highest BCUT2D eigenvalue weighted by molar-refractivity contribution is 6.31. The number of carboxylic acid groups (broad SMARTS) is 1. The number of aromatic nitrogens is 1. The molecule has 32 heavy (non-hydrogen) atoms. The van der Waals surface area contributed by atoms with Crippen molar-refractivity contribution in [3.8, 4) is 5.75 Å². The van der Waals surface area contributed by atoms with Crippen LogP contribution >= 0.6 is 11.6 Å². The molecule has 0 spiro atoms. The van der Waals surface area contributed by atoms with E-state index in [-0.39, 0.29) is 5.56 Å². The van der Waals surface area contributed by atoms with Crippen LogP contribution < -0.4 is 4.74 Å². The topological polar surface area (TPSA) is 60.7 Å². The summed E-state index contributed by atoms with van der Waals surface area (Å²) in [6, 6.07) is 21.4. The number of aromatic carboxylic acids is 1. The fourth-order valence-electron chi connectivity index (χ4n) is 3.79. The minimum absolute atomic E-state index is 0.239. The quantitative estimate of drug-likeness (QED) is 0.335. The zero-order valence-corrected chi connectivity index (χ0v) is 18.5. The summed E-state index contributed by atoms with van der Waals surface area (Å²) in [5.41, 5.74) is 4.30. The molecule has 0 amide bonds. The summed E-state index contributed by atoms with van der Waals surface area (Å²) in [6.45, 7) is 1.80. The van der Waals surface area contributed by atoms with Crippen molar-refractivity contribution in [2.75, 3.05) is 20.3 Å². The number of benzene rings is 3. The van der Waals surface area contributed by atoms with Gasteiger partial charge in [-0.2, -0.15) is 0 Å². The molecule has 0 unspecified atom stereocenters. The second-order valence-corrected chi connectivity index (χ2v) is 8.05. The maximum Gasteiger partial charge on any atom is 0.336 e. The Labute approximate surface area is 191 Å². The predicted octanol–water partition coefficient (Wildman–Crippen LogP) is 5.66. The Hall–Kier alpha value is -3.28. The van der Waals surface area contributed by atoms with Crippen LogP contribution in [0.2, 0.25) is 5.02 Å². The normalized spacial score (nSPS) is 11.1. The molecular formula is C26H24ClNO4. The van der Waals surface area contributed by atoms with E-state index in [1.165, 1.54) is 6.07 Å². The summed E-state index contributed by atoms with van der Waals surface area (Å²) in [5, 5.41) is 11.0. The van der Waals surface area contributed by atoms with Gasteiger partial charge >= 0.3 is 5.97 Å². The lowest BCUT2D eigenvalue weighted by Crippen LogP contribution is -2.05. The lowest BCUT2D eigenvalue weighted by atomic mass is 9.99. The molecule has 5 nitrogen and oxygen atoms in total. The van der Waals surface area contributed by atoms with Gasteiger partial charge in [0.15, 0.2) is 0 Å². The monoisotopic (exact) mass is 449 g/mol. The molecule has 0 fully saturated rings. The number of fused-ring (bicyclic) bond motifs is 1. The average molecular weight is 450 g/mol. The van der Waals surface area contributed by atoms with Gasteiger partial charge in [-0.3, -0.25) is 0 Å². The second-order valence-electron chi connectivity index (χ2n) is 7.61. The zero-order chi connectivity index (χ0) is 22.5. The van der Waals surface area contributed by atoms with Crippen molar-refractivity contribution in [2.45, 2.75) is 13.0 Å². The fraction of sp³-hybridized carbons (Fsp3) is 0.192. The van der Waals surface area contributed by atoms with Crippen LogP contribution in [0.5, 0.6) is 5.75 Å². The number of nitrogens with zero attached hydrogens (tertiary/aromatic N) is 1. The average Bonchev–Trinajstić information content (AvgIpc) is 3.17. The number of carbonyl (C=O) groups is 1. The molecule has 0 bridgehead atoms. The van der Waals surface area contributed by atoms with Crippen LogP contribution in [0, 0.1) is 0 Å². The zero-order valence-electron chi connectivity index (χ0n) is 17.8. The molecule has 6 heteroatoms. The second kappa shape index (κ2) is 9.90. The first-order chi connectivity index (χ1) is 15.5. The molecule has 0 aliphatic heterocycles. The maximum atomic E-state index is 11.6. The van der Waals surface area contributed by atoms with Gasteiger partial charge in [0.2, 0.25) is 0 Å². The molecule has 1 aromatic heterocycles. The number of rotatable bonds is 9. The standard InChI is InChI=1S/C26H24ClNO4/c1-31-11-12-32-23-4-2-3-19(15-23)17-28-10-9-21-14-18(5-8-25(21)28)13-20-6-7-22(27)16-24(20)26(29)30/h2-10,14-16H,11-13,17H2,1H3,(H,29,30). The summed E-state index contributed by atoms with van der Waals surface area (Å²) in [4.78, 5) is 11.6. The molecule has 0 aliphatic rings. The van der Waals surface area contributed by atoms with Gasteiger partial charge in [0.05, 0.1) is 12.2 Å². The van der Waals surface area contributed by atoms with E-state index in [4.69, 9.17) is 21.1 Å². The highest BCUT2D eigenvalue weighted by atomic mass is 35.5. The van der Waals surface area contributed by atoms with Crippen LogP contribution in [0.3, 0.4) is 0 Å². The molecule has 0 saturated carbocycles. The third-order valence-electron chi connectivity index (χ3n) is 5.34. The third-order valence-corrected chi connectivity index (χ3v) is 5.57. The van der Waals surface area contributed by atoms with Crippen LogP contribution in [-0.4, -0.2) is 36.0 Å². The summed E-state index contributed by atoms with van der Waals surface area (Å²) < 4.78 is 12.9. The molecule has 3 aromatic carbocycles. The van der Waals surface area contributed by atoms with Crippen molar-refractivity contribution in [2.24, 2.45) is 0 Å². The van der Waals surface area contributed by atoms with Gasteiger partial charge in [0.25, 0.3) is 0 Å². The molecule has 0 radical (unpaired) electrons. The highest BCUT2D eigenvalue weighted by Gasteiger charge is 2.12. The van der Waals surface area contributed by atoms with E-state index in [9.17, 15) is 9.90 Å². The summed E-state index contributed by atoms with van der Waals surface area (Å²) in [5.74, 6) is -0.140. The van der Waals surface area contributed by atoms with Gasteiger partial charge in [-0.15, -0.1) is 0 Å². The minimum Gasteiger partial charge on any atom is -0.491 e. The highest BCUT2D eigenvalue weighted by Crippen LogP contribution is 2.24. The minimum atomic E-state index is -0.969. The van der Waals surface area contributed by atoms with E-state index in [0.717, 1.165) is 39.9 Å². The molecule has 0 saturated heterocycles. The van der Waals surface area contributed by atoms with Crippen LogP contribution in [0.1, 0.15) is 27.0 Å². The smallest absolute Gasteiger partial charge is 0.336 e. The first-order valence-corrected chi connectivity index (χ1v) is 10.7. The number of hydrogen-bond acceptors (Lipinski definition) is 3. The van der Waals surface area contributed by atoms with Gasteiger partial charge in [0.1, 0.15) is 12.4 Å². The number of halogens is 1. The Morgan fingerprint density at radius 1 is 1.00 bits per heavy atom. The number of hydrogen-bond donors (Lipinski definition) is 1. The lowest BCUT2D eigenvalue weighted by molar-refractivity contribution is 0.0696. The van der Waals surface area contributed by atoms with E-state index in [1.54, 1.807) is 19.2 Å². The molecular weight excluding hydrogens is 426 g/mol. The molecule has 0 atom stereocenters. The summed E-state index contributed by atoms with van der Waals surface area (Å²) in [6.07, 6.45) is 2.60. The summed E-state index contributed by atoms with van der Waals surface area (Å²) in [7, 11) is 1.66. The van der Waals surface area contributed by atoms with Crippen LogP contribution in [0.15, 0.2) is 72.9 Å². The van der Waals surface area contributed by atoms with Crippen LogP contribution in [-0.2, 0) is 17.7 Å². The van der Waals surface area contributed by atoms with Crippen molar-refractivity contribution in [3.63, 3.8) is 0 Å². The van der Waals surface area contributed by atoms with Gasteiger partial charge in [-0.25, -0.2) is 4.79 Å². The first-order valence-electron chi connectivity index (χ1n) is 10.3. The molecule has 1 N–H and O–H groups in total. The Kier molecular flexibility index (Phi) is 6.78. The maximum absolute atomic E-state index is 11.6. The summed E-state index contributed by atoms with van der Waals surface area (Å²) >= 11 is 5.97. The van der Waals surface area contributed by atoms with E-state index >= 15 is 0 Å². The number of carboxylic acids is 1. The van der Waals surface area contributed by atoms with E-state index < -0.39 is 5.97 Å². The van der Waals surface area contributed by atoms with Crippen LogP contribution in [0.25, 0.3) is 10.9 Å². The Morgan fingerprint density at radius 3 is 2.69 bits per heavy atom. The molecule has 4 aromatic rings. The van der Waals surface area contributed by atoms with E-state index in [0.29, 0.717) is 24.7 Å². The number of methoxy groups -OCH3 is 1. The van der Waals surface area contributed by atoms with Gasteiger partial charge in [-0.1, -0.05) is 35.9 Å². The molecule has 1 heterocycles. The first kappa shape index (κ1) is 21.9. The number of ether oxygens (including phenoxy) is 2. The predicted molar refractivity (Wildman–Crippen MR) is 126 cm³/mol. The molecule has 164 valence electrons. The van der Waals surface area contributed by atoms with Crippen molar-refractivity contribution in [1.82, 2.24) is 4.57 Å². The van der Waals surface area contributed by atoms with E-state index in [2.05, 4.69) is 35.0 Å². The van der Waals surface area contributed by atoms with Crippen molar-refractivity contribution < 1.29 is 19.4 Å². The van der Waals surface area contributed by atoms with Crippen LogP contribution in [0.4, 0.5) is 0 Å². The Balaban J connectivity index is 1.53. The Morgan fingerprint density at radius 2 is 1.88 bits per heavy atom. The van der Waals surface area contributed by atoms with Gasteiger partial charge in [-0.05, 0) is 71.0 Å². The van der Waals surface area contributed by atoms with E-state index in [1.807, 2.05) is 24.3 Å². The SMILES string of the molecule is COCCOc1cccc(Cn2ccc3cc(Cc4ccc(Cl)cc4C(=O)O)ccc32)c1. The molecule has 0 aliphatic carbocycles. The van der Waals surface area contributed by atoms with Gasteiger partial charge < -0.3 is 19.1 Å². The Bertz CT molecular complexity index is 1250. The fourth-order valence-corrected chi connectivity index (χ4v) is 3.96. The lowest BCUT2D eigenvalue weighted by Gasteiger charge is -2.10. The largest absolute Gasteiger partial charge is 0.491 e. The molecule has 4 rings (SSSR count). The van der Waals surface area contributed by atoms with Crippen molar-refractivity contribution in [3.05, 3.63) is 100 Å².